The van der Waals surface area contributed by atoms with Crippen LogP contribution in [0.2, 0.25) is 10.3 Å². The Morgan fingerprint density at radius 1 is 1.10 bits per heavy atom. The van der Waals surface area contributed by atoms with Gasteiger partial charge in [-0.25, -0.2) is 9.97 Å². The summed E-state index contributed by atoms with van der Waals surface area (Å²) in [5, 5.41) is 10.9. The van der Waals surface area contributed by atoms with Crippen molar-refractivity contribution in [3.05, 3.63) is 91.3 Å². The first kappa shape index (κ1) is 22.1. The van der Waals surface area contributed by atoms with Crippen molar-refractivity contribution in [2.24, 2.45) is 0 Å². The summed E-state index contributed by atoms with van der Waals surface area (Å²) in [6.07, 6.45) is 1.64. The Labute approximate surface area is 186 Å². The molecule has 0 saturated carbocycles. The van der Waals surface area contributed by atoms with E-state index in [0.29, 0.717) is 22.3 Å². The second-order valence-corrected chi connectivity index (χ2v) is 6.90. The fraction of sp³-hybridized carbons (Fsp3) is 0.100. The Bertz CT molecular complexity index is 1310. The molecule has 0 unspecified atom stereocenters. The average molecular weight is 459 g/mol. The van der Waals surface area contributed by atoms with Crippen LogP contribution in [0.5, 0.6) is 0 Å². The third-order valence-electron chi connectivity index (χ3n) is 4.21. The molecule has 4 rings (SSSR count). The van der Waals surface area contributed by atoms with E-state index >= 15 is 0 Å². The van der Waals surface area contributed by atoms with Crippen LogP contribution in [-0.2, 0) is 6.42 Å². The Morgan fingerprint density at radius 2 is 1.81 bits per heavy atom. The molecular weight excluding hydrogens is 443 g/mol. The molecule has 2 aromatic carbocycles. The van der Waals surface area contributed by atoms with Crippen molar-refractivity contribution >= 4 is 45.6 Å². The minimum absolute atomic E-state index is 0.104. The number of benzene rings is 2. The first-order chi connectivity index (χ1) is 14.8. The SMILES string of the molecule is CCc1nc2cccc(Cl)c2c(=O)n1-c1ccccc1.Nc1nc(Cl)ncc1[N+](=O)[O-]. The summed E-state index contributed by atoms with van der Waals surface area (Å²) >= 11 is 11.5. The van der Waals surface area contributed by atoms with E-state index in [4.69, 9.17) is 28.9 Å². The van der Waals surface area contributed by atoms with E-state index in [1.54, 1.807) is 10.6 Å². The molecule has 0 fully saturated rings. The second kappa shape index (κ2) is 9.50. The molecule has 0 spiro atoms. The second-order valence-electron chi connectivity index (χ2n) is 6.16. The van der Waals surface area contributed by atoms with Crippen LogP contribution < -0.4 is 11.3 Å². The molecule has 9 nitrogen and oxygen atoms in total. The van der Waals surface area contributed by atoms with Gasteiger partial charge in [0.2, 0.25) is 11.1 Å². The van der Waals surface area contributed by atoms with Gasteiger partial charge in [0.05, 0.1) is 26.5 Å². The summed E-state index contributed by atoms with van der Waals surface area (Å²) in [5.74, 6) is 0.506. The lowest BCUT2D eigenvalue weighted by atomic mass is 10.2. The van der Waals surface area contributed by atoms with Gasteiger partial charge in [0.15, 0.2) is 0 Å². The van der Waals surface area contributed by atoms with Crippen molar-refractivity contribution in [3.63, 3.8) is 0 Å². The molecule has 0 bridgehead atoms. The molecule has 31 heavy (non-hydrogen) atoms. The first-order valence-corrected chi connectivity index (χ1v) is 9.77. The monoisotopic (exact) mass is 458 g/mol. The van der Waals surface area contributed by atoms with E-state index in [0.717, 1.165) is 17.7 Å². The number of para-hydroxylation sites is 1. The predicted octanol–water partition coefficient (Wildman–Crippen LogP) is 4.22. The molecule has 0 amide bonds. The molecule has 0 aliphatic carbocycles. The third-order valence-corrected chi connectivity index (χ3v) is 4.71. The summed E-state index contributed by atoms with van der Waals surface area (Å²) < 4.78 is 1.63. The van der Waals surface area contributed by atoms with Crippen LogP contribution in [0.1, 0.15) is 12.7 Å². The minimum atomic E-state index is -0.675. The maximum atomic E-state index is 12.8. The molecule has 2 heterocycles. The van der Waals surface area contributed by atoms with Crippen LogP contribution >= 0.6 is 23.2 Å². The van der Waals surface area contributed by atoms with Gasteiger partial charge in [-0.1, -0.05) is 42.8 Å². The molecule has 11 heteroatoms. The topological polar surface area (TPSA) is 130 Å². The van der Waals surface area contributed by atoms with Crippen LogP contribution in [-0.4, -0.2) is 24.4 Å². The number of nitro groups is 1. The highest BCUT2D eigenvalue weighted by Crippen LogP contribution is 2.20. The molecule has 2 aromatic heterocycles. The van der Waals surface area contributed by atoms with Crippen LogP contribution in [0.15, 0.2) is 59.5 Å². The molecule has 0 saturated heterocycles. The number of nitrogens with zero attached hydrogens (tertiary/aromatic N) is 5. The van der Waals surface area contributed by atoms with Crippen molar-refractivity contribution in [2.75, 3.05) is 5.73 Å². The van der Waals surface area contributed by atoms with Crippen molar-refractivity contribution < 1.29 is 4.92 Å². The molecule has 0 radical (unpaired) electrons. The number of aromatic nitrogens is 4. The lowest BCUT2D eigenvalue weighted by molar-refractivity contribution is -0.384. The zero-order chi connectivity index (χ0) is 22.5. The maximum Gasteiger partial charge on any atom is 0.329 e. The number of hydrogen-bond donors (Lipinski definition) is 1. The first-order valence-electron chi connectivity index (χ1n) is 9.01. The van der Waals surface area contributed by atoms with Gasteiger partial charge in [-0.05, 0) is 35.9 Å². The summed E-state index contributed by atoms with van der Waals surface area (Å²) in [5.41, 5.74) is 6.14. The Balaban J connectivity index is 0.000000210. The Hall–Kier alpha value is -3.56. The number of anilines is 1. The summed E-state index contributed by atoms with van der Waals surface area (Å²) in [6, 6.07) is 14.8. The van der Waals surface area contributed by atoms with Crippen LogP contribution in [0.25, 0.3) is 16.6 Å². The van der Waals surface area contributed by atoms with E-state index in [2.05, 4.69) is 15.0 Å². The average Bonchev–Trinajstić information content (AvgIpc) is 2.74. The fourth-order valence-corrected chi connectivity index (χ4v) is 3.21. The lowest BCUT2D eigenvalue weighted by Gasteiger charge is -2.12. The quantitative estimate of drug-likeness (QED) is 0.276. The van der Waals surface area contributed by atoms with Crippen molar-refractivity contribution in [2.45, 2.75) is 13.3 Å². The smallest absolute Gasteiger partial charge is 0.329 e. The van der Waals surface area contributed by atoms with Crippen LogP contribution in [0, 0.1) is 10.1 Å². The molecular formula is C20H16Cl2N6O3. The number of halogens is 2. The Morgan fingerprint density at radius 3 is 2.42 bits per heavy atom. The number of nitrogens with two attached hydrogens (primary N) is 1. The van der Waals surface area contributed by atoms with Crippen molar-refractivity contribution in [3.8, 4) is 5.69 Å². The number of fused-ring (bicyclic) bond motifs is 1. The van der Waals surface area contributed by atoms with Crippen LogP contribution in [0.4, 0.5) is 11.5 Å². The molecule has 158 valence electrons. The number of rotatable bonds is 3. The summed E-state index contributed by atoms with van der Waals surface area (Å²) in [4.78, 5) is 33.6. The molecule has 0 atom stereocenters. The highest BCUT2D eigenvalue weighted by molar-refractivity contribution is 6.35. The van der Waals surface area contributed by atoms with Gasteiger partial charge >= 0.3 is 5.69 Å². The number of aryl methyl sites for hydroxylation is 1. The standard InChI is InChI=1S/C16H13ClN2O.C4H3ClN4O2/c1-2-14-18-13-10-6-9-12(17)15(13)16(20)19(14)11-7-4-3-5-8-11;5-4-7-1-2(9(10)11)3(6)8-4/h3-10H,2H2,1H3;1H,(H2,6,7,8). The van der Waals surface area contributed by atoms with E-state index in [9.17, 15) is 14.9 Å². The molecule has 2 N–H and O–H groups in total. The number of hydrogen-bond acceptors (Lipinski definition) is 7. The third kappa shape index (κ3) is 4.79. The van der Waals surface area contributed by atoms with Gasteiger partial charge in [0.1, 0.15) is 12.0 Å². The zero-order valence-corrected chi connectivity index (χ0v) is 17.7. The normalized spacial score (nSPS) is 10.4. The van der Waals surface area contributed by atoms with Crippen LogP contribution in [0.3, 0.4) is 0 Å². The van der Waals surface area contributed by atoms with E-state index in [-0.39, 0.29) is 22.3 Å². The van der Waals surface area contributed by atoms with Gasteiger partial charge < -0.3 is 5.73 Å². The molecule has 4 aromatic rings. The van der Waals surface area contributed by atoms with Crippen molar-refractivity contribution in [1.29, 1.82) is 0 Å². The molecule has 0 aliphatic rings. The summed E-state index contributed by atoms with van der Waals surface area (Å²) in [7, 11) is 0. The Kier molecular flexibility index (Phi) is 6.78. The number of nitrogen functional groups attached to an aromatic ring is 1. The van der Waals surface area contributed by atoms with E-state index in [1.165, 1.54) is 0 Å². The van der Waals surface area contributed by atoms with Crippen molar-refractivity contribution in [1.82, 2.24) is 19.5 Å². The molecule has 0 aliphatic heterocycles. The fourth-order valence-electron chi connectivity index (χ4n) is 2.82. The zero-order valence-electron chi connectivity index (χ0n) is 16.2. The van der Waals surface area contributed by atoms with Gasteiger partial charge in [0.25, 0.3) is 5.56 Å². The largest absolute Gasteiger partial charge is 0.378 e. The van der Waals surface area contributed by atoms with Gasteiger partial charge in [-0.2, -0.15) is 4.98 Å². The highest BCUT2D eigenvalue weighted by Gasteiger charge is 2.14. The van der Waals surface area contributed by atoms with Gasteiger partial charge in [0, 0.05) is 6.42 Å². The van der Waals surface area contributed by atoms with E-state index in [1.807, 2.05) is 49.4 Å². The van der Waals surface area contributed by atoms with E-state index < -0.39 is 4.92 Å². The lowest BCUT2D eigenvalue weighted by Crippen LogP contribution is -2.23. The van der Waals surface area contributed by atoms with Gasteiger partial charge in [-0.3, -0.25) is 19.5 Å². The van der Waals surface area contributed by atoms with Gasteiger partial charge in [-0.15, -0.1) is 0 Å². The predicted molar refractivity (Wildman–Crippen MR) is 120 cm³/mol. The summed E-state index contributed by atoms with van der Waals surface area (Å²) in [6.45, 7) is 1.98. The maximum absolute atomic E-state index is 12.8. The highest BCUT2D eigenvalue weighted by atomic mass is 35.5. The minimum Gasteiger partial charge on any atom is -0.378 e.